The second-order valence-corrected chi connectivity index (χ2v) is 6.64. The first-order chi connectivity index (χ1) is 9.97. The van der Waals surface area contributed by atoms with Crippen molar-refractivity contribution in [3.63, 3.8) is 0 Å². The lowest BCUT2D eigenvalue weighted by atomic mass is 9.79. The minimum Gasteiger partial charge on any atom is -0.392 e. The molecule has 3 nitrogen and oxygen atoms in total. The number of hydrogen-bond donors (Lipinski definition) is 2. The molecular formula is C15H18Cl2N2OS. The van der Waals surface area contributed by atoms with E-state index in [0.29, 0.717) is 28.6 Å². The molecule has 1 aliphatic rings. The van der Waals surface area contributed by atoms with Gasteiger partial charge in [0.15, 0.2) is 0 Å². The fourth-order valence-corrected chi connectivity index (χ4v) is 3.40. The average molecular weight is 345 g/mol. The number of carbonyl (C=O) groups is 1. The number of amides is 1. The summed E-state index contributed by atoms with van der Waals surface area (Å²) in [5.41, 5.74) is 5.62. The summed E-state index contributed by atoms with van der Waals surface area (Å²) in [6, 6.07) is 5.13. The summed E-state index contributed by atoms with van der Waals surface area (Å²) in [7, 11) is 0. The molecule has 1 aromatic carbocycles. The van der Waals surface area contributed by atoms with Crippen molar-refractivity contribution in [1.29, 1.82) is 0 Å². The van der Waals surface area contributed by atoms with E-state index in [1.165, 1.54) is 0 Å². The number of rotatable bonds is 3. The number of halogens is 2. The highest BCUT2D eigenvalue weighted by atomic mass is 35.5. The lowest BCUT2D eigenvalue weighted by molar-refractivity contribution is -0.122. The monoisotopic (exact) mass is 344 g/mol. The van der Waals surface area contributed by atoms with Crippen LogP contribution in [0.1, 0.15) is 38.5 Å². The van der Waals surface area contributed by atoms with Gasteiger partial charge in [-0.3, -0.25) is 4.79 Å². The highest BCUT2D eigenvalue weighted by molar-refractivity contribution is 7.80. The van der Waals surface area contributed by atoms with Gasteiger partial charge in [0.1, 0.15) is 0 Å². The molecule has 1 aromatic rings. The maximum Gasteiger partial charge on any atom is 0.237 e. The fraction of sp³-hybridized carbons (Fsp3) is 0.467. The Balaban J connectivity index is 2.27. The second kappa shape index (κ2) is 6.95. The lowest BCUT2D eigenvalue weighted by Gasteiger charge is -2.30. The van der Waals surface area contributed by atoms with E-state index in [1.807, 2.05) is 0 Å². The molecule has 1 amide bonds. The molecule has 1 aliphatic carbocycles. The summed E-state index contributed by atoms with van der Waals surface area (Å²) < 4.78 is 0. The van der Waals surface area contributed by atoms with E-state index >= 15 is 0 Å². The predicted octanol–water partition coefficient (Wildman–Crippen LogP) is 4.56. The molecule has 0 aliphatic heterocycles. The number of anilines is 1. The van der Waals surface area contributed by atoms with Crippen molar-refractivity contribution >= 4 is 52.0 Å². The van der Waals surface area contributed by atoms with Gasteiger partial charge in [0.2, 0.25) is 5.91 Å². The molecular weight excluding hydrogens is 327 g/mol. The first-order valence-electron chi connectivity index (χ1n) is 7.03. The van der Waals surface area contributed by atoms with Crippen LogP contribution in [0.15, 0.2) is 18.2 Å². The zero-order valence-corrected chi connectivity index (χ0v) is 14.0. The van der Waals surface area contributed by atoms with Gasteiger partial charge < -0.3 is 11.1 Å². The SMILES string of the molecule is NC(=S)C1(C(=O)Nc2cccc(Cl)c2Cl)CCCCCC1. The Morgan fingerprint density at radius 3 is 2.38 bits per heavy atom. The van der Waals surface area contributed by atoms with Crippen molar-refractivity contribution in [3.8, 4) is 0 Å². The molecule has 0 aromatic heterocycles. The highest BCUT2D eigenvalue weighted by Gasteiger charge is 2.41. The first kappa shape index (κ1) is 16.5. The van der Waals surface area contributed by atoms with Gasteiger partial charge in [-0.1, -0.05) is 67.2 Å². The third-order valence-electron chi connectivity index (χ3n) is 4.06. The van der Waals surface area contributed by atoms with Gasteiger partial charge >= 0.3 is 0 Å². The quantitative estimate of drug-likeness (QED) is 0.624. The third kappa shape index (κ3) is 3.50. The molecule has 0 bridgehead atoms. The van der Waals surface area contributed by atoms with Crippen molar-refractivity contribution in [1.82, 2.24) is 0 Å². The number of nitrogens with two attached hydrogens (primary N) is 1. The molecule has 21 heavy (non-hydrogen) atoms. The summed E-state index contributed by atoms with van der Waals surface area (Å²) >= 11 is 17.3. The molecule has 0 unspecified atom stereocenters. The predicted molar refractivity (Wildman–Crippen MR) is 92.0 cm³/mol. The number of nitrogens with one attached hydrogen (secondary N) is 1. The topological polar surface area (TPSA) is 55.1 Å². The molecule has 3 N–H and O–H groups in total. The van der Waals surface area contributed by atoms with E-state index in [2.05, 4.69) is 5.32 Å². The normalized spacial score (nSPS) is 17.8. The van der Waals surface area contributed by atoms with Gasteiger partial charge in [0.05, 0.1) is 26.1 Å². The van der Waals surface area contributed by atoms with Gasteiger partial charge in [-0.2, -0.15) is 0 Å². The van der Waals surface area contributed by atoms with Gasteiger partial charge in [-0.25, -0.2) is 0 Å². The van der Waals surface area contributed by atoms with E-state index in [0.717, 1.165) is 25.7 Å². The largest absolute Gasteiger partial charge is 0.392 e. The fourth-order valence-electron chi connectivity index (χ4n) is 2.76. The standard InChI is InChI=1S/C15H18Cl2N2OS/c16-10-6-5-7-11(12(10)17)19-14(20)15(13(18)21)8-3-1-2-4-9-15/h5-7H,1-4,8-9H2,(H2,18,21)(H,19,20). The molecule has 0 spiro atoms. The number of hydrogen-bond acceptors (Lipinski definition) is 2. The van der Waals surface area contributed by atoms with Crippen molar-refractivity contribution in [2.24, 2.45) is 11.1 Å². The Hall–Kier alpha value is -0.840. The van der Waals surface area contributed by atoms with Crippen LogP contribution < -0.4 is 11.1 Å². The van der Waals surface area contributed by atoms with Gasteiger partial charge in [-0.15, -0.1) is 0 Å². The highest BCUT2D eigenvalue weighted by Crippen LogP contribution is 2.38. The minimum absolute atomic E-state index is 0.180. The number of carbonyl (C=O) groups excluding carboxylic acids is 1. The number of benzene rings is 1. The zero-order chi connectivity index (χ0) is 15.5. The van der Waals surface area contributed by atoms with Crippen LogP contribution in [0.25, 0.3) is 0 Å². The first-order valence-corrected chi connectivity index (χ1v) is 8.19. The van der Waals surface area contributed by atoms with Crippen molar-refractivity contribution in [2.45, 2.75) is 38.5 Å². The van der Waals surface area contributed by atoms with Crippen LogP contribution in [0, 0.1) is 5.41 Å². The molecule has 0 heterocycles. The maximum absolute atomic E-state index is 12.8. The van der Waals surface area contributed by atoms with Crippen LogP contribution in [0.2, 0.25) is 10.0 Å². The summed E-state index contributed by atoms with van der Waals surface area (Å²) in [5.74, 6) is -0.180. The van der Waals surface area contributed by atoms with Crippen molar-refractivity contribution < 1.29 is 4.79 Å². The van der Waals surface area contributed by atoms with E-state index in [1.54, 1.807) is 18.2 Å². The van der Waals surface area contributed by atoms with Crippen LogP contribution in [-0.2, 0) is 4.79 Å². The molecule has 1 saturated carbocycles. The minimum atomic E-state index is -0.780. The van der Waals surface area contributed by atoms with E-state index in [4.69, 9.17) is 41.2 Å². The van der Waals surface area contributed by atoms with Crippen LogP contribution in [0.4, 0.5) is 5.69 Å². The number of thiocarbonyl (C=S) groups is 1. The molecule has 1 fully saturated rings. The zero-order valence-electron chi connectivity index (χ0n) is 11.6. The van der Waals surface area contributed by atoms with Crippen LogP contribution in [0.3, 0.4) is 0 Å². The van der Waals surface area contributed by atoms with Gasteiger partial charge in [0, 0.05) is 0 Å². The second-order valence-electron chi connectivity index (χ2n) is 5.42. The van der Waals surface area contributed by atoms with E-state index in [9.17, 15) is 4.79 Å². The van der Waals surface area contributed by atoms with Crippen molar-refractivity contribution in [2.75, 3.05) is 5.32 Å². The van der Waals surface area contributed by atoms with E-state index < -0.39 is 5.41 Å². The summed E-state index contributed by atoms with van der Waals surface area (Å²) in [5, 5.41) is 3.58. The maximum atomic E-state index is 12.8. The summed E-state index contributed by atoms with van der Waals surface area (Å²) in [6.45, 7) is 0. The lowest BCUT2D eigenvalue weighted by Crippen LogP contribution is -2.45. The van der Waals surface area contributed by atoms with Crippen molar-refractivity contribution in [3.05, 3.63) is 28.2 Å². The Morgan fingerprint density at radius 1 is 1.19 bits per heavy atom. The molecule has 114 valence electrons. The third-order valence-corrected chi connectivity index (χ3v) is 5.27. The van der Waals surface area contributed by atoms with E-state index in [-0.39, 0.29) is 10.9 Å². The molecule has 0 radical (unpaired) electrons. The molecule has 0 atom stereocenters. The Kier molecular flexibility index (Phi) is 5.47. The molecule has 6 heteroatoms. The Bertz CT molecular complexity index is 555. The Labute approximate surface area is 140 Å². The summed E-state index contributed by atoms with van der Waals surface area (Å²) in [6.07, 6.45) is 5.49. The van der Waals surface area contributed by atoms with Crippen LogP contribution >= 0.6 is 35.4 Å². The smallest absolute Gasteiger partial charge is 0.237 e. The van der Waals surface area contributed by atoms with Gasteiger partial charge in [0.25, 0.3) is 0 Å². The van der Waals surface area contributed by atoms with Gasteiger partial charge in [-0.05, 0) is 25.0 Å². The molecule has 0 saturated heterocycles. The Morgan fingerprint density at radius 2 is 1.81 bits per heavy atom. The summed E-state index contributed by atoms with van der Waals surface area (Å²) in [4.78, 5) is 13.0. The molecule has 2 rings (SSSR count). The van der Waals surface area contributed by atoms with Crippen LogP contribution in [-0.4, -0.2) is 10.9 Å². The van der Waals surface area contributed by atoms with Crippen LogP contribution in [0.5, 0.6) is 0 Å². The average Bonchev–Trinajstić information content (AvgIpc) is 2.70.